The normalized spacial score (nSPS) is 12.8. The van der Waals surface area contributed by atoms with Crippen molar-refractivity contribution in [3.63, 3.8) is 0 Å². The topological polar surface area (TPSA) is 105 Å². The number of rotatable bonds is 5. The molecule has 0 bridgehead atoms. The van der Waals surface area contributed by atoms with Gasteiger partial charge in [0.2, 0.25) is 5.95 Å². The lowest BCUT2D eigenvalue weighted by Crippen LogP contribution is -2.23. The summed E-state index contributed by atoms with van der Waals surface area (Å²) >= 11 is 0. The molecule has 1 aliphatic rings. The average molecular weight is 545 g/mol. The van der Waals surface area contributed by atoms with Crippen LogP contribution in [0.2, 0.25) is 0 Å². The molecule has 0 unspecified atom stereocenters. The van der Waals surface area contributed by atoms with Crippen molar-refractivity contribution in [3.8, 4) is 22.4 Å². The first-order valence-electron chi connectivity index (χ1n) is 13.1. The Bertz CT molecular complexity index is 1970. The molecule has 1 aliphatic heterocycles. The van der Waals surface area contributed by atoms with Gasteiger partial charge in [0.1, 0.15) is 5.82 Å². The van der Waals surface area contributed by atoms with Crippen LogP contribution in [0.1, 0.15) is 27.2 Å². The molecular formula is C31H25FN8O. The molecule has 2 aromatic carbocycles. The number of carbonyl (C=O) groups excluding carboxylic acids is 1. The molecule has 5 heterocycles. The number of aromatic nitrogens is 6. The second-order valence-electron chi connectivity index (χ2n) is 10.1. The molecule has 0 fully saturated rings. The van der Waals surface area contributed by atoms with Gasteiger partial charge in [-0.2, -0.15) is 5.10 Å². The number of fused-ring (bicyclic) bond motifs is 2. The van der Waals surface area contributed by atoms with Gasteiger partial charge in [0, 0.05) is 59.5 Å². The highest BCUT2D eigenvalue weighted by Crippen LogP contribution is 2.40. The van der Waals surface area contributed by atoms with E-state index >= 15 is 0 Å². The standard InChI is InChI=1S/C31H25FN8O/c1-17-13-35-31(36-27-12-18(2)39(3)38-27)37-28(17)23-14-34-29-21(23)7-5-9-26(29)40-16-24-19(6-4-8-22(24)30(40)41)20-10-11-33-15-25(20)32/h4-15,34H,16H2,1-3H3,(H,35,36,37,38). The Kier molecular flexibility index (Phi) is 5.63. The summed E-state index contributed by atoms with van der Waals surface area (Å²) in [5.74, 6) is 0.555. The van der Waals surface area contributed by atoms with Gasteiger partial charge in [-0.15, -0.1) is 0 Å². The molecule has 41 heavy (non-hydrogen) atoms. The fraction of sp³-hybridized carbons (Fsp3) is 0.129. The van der Waals surface area contributed by atoms with Gasteiger partial charge in [-0.05, 0) is 48.7 Å². The van der Waals surface area contributed by atoms with E-state index < -0.39 is 5.82 Å². The molecular weight excluding hydrogens is 519 g/mol. The molecule has 7 rings (SSSR count). The minimum Gasteiger partial charge on any atom is -0.359 e. The number of pyridine rings is 1. The molecule has 0 atom stereocenters. The maximum atomic E-state index is 14.6. The molecule has 0 radical (unpaired) electrons. The van der Waals surface area contributed by atoms with Crippen molar-refractivity contribution in [2.45, 2.75) is 20.4 Å². The van der Waals surface area contributed by atoms with Crippen molar-refractivity contribution in [1.29, 1.82) is 0 Å². The number of carbonyl (C=O) groups is 1. The Balaban J connectivity index is 1.27. The van der Waals surface area contributed by atoms with Crippen LogP contribution in [-0.2, 0) is 13.6 Å². The average Bonchev–Trinajstić information content (AvgIpc) is 3.65. The number of para-hydroxylation sites is 1. The summed E-state index contributed by atoms with van der Waals surface area (Å²) < 4.78 is 16.4. The Morgan fingerprint density at radius 3 is 2.63 bits per heavy atom. The molecule has 202 valence electrons. The van der Waals surface area contributed by atoms with Crippen LogP contribution >= 0.6 is 0 Å². The summed E-state index contributed by atoms with van der Waals surface area (Å²) in [4.78, 5) is 31.9. The van der Waals surface area contributed by atoms with Gasteiger partial charge >= 0.3 is 0 Å². The van der Waals surface area contributed by atoms with E-state index in [0.29, 0.717) is 35.0 Å². The molecule has 10 heteroatoms. The van der Waals surface area contributed by atoms with E-state index in [9.17, 15) is 9.18 Å². The molecule has 0 aliphatic carbocycles. The van der Waals surface area contributed by atoms with Gasteiger partial charge in [-0.25, -0.2) is 14.4 Å². The van der Waals surface area contributed by atoms with Crippen LogP contribution in [0.4, 0.5) is 21.8 Å². The highest BCUT2D eigenvalue weighted by Gasteiger charge is 2.32. The number of H-pyrrole nitrogens is 1. The van der Waals surface area contributed by atoms with Crippen LogP contribution in [0, 0.1) is 19.7 Å². The Morgan fingerprint density at radius 2 is 1.83 bits per heavy atom. The molecule has 0 saturated carbocycles. The van der Waals surface area contributed by atoms with Crippen LogP contribution in [0.3, 0.4) is 0 Å². The Labute approximate surface area is 234 Å². The minimum atomic E-state index is -0.421. The maximum Gasteiger partial charge on any atom is 0.259 e. The molecule has 0 spiro atoms. The minimum absolute atomic E-state index is 0.129. The van der Waals surface area contributed by atoms with Crippen molar-refractivity contribution >= 4 is 34.3 Å². The SMILES string of the molecule is Cc1cnc(Nc2cc(C)n(C)n2)nc1-c1c[nH]c2c(N3Cc4c(cccc4-c4ccncc4F)C3=O)cccc12. The third kappa shape index (κ3) is 4.03. The van der Waals surface area contributed by atoms with Gasteiger partial charge in [-0.3, -0.25) is 14.5 Å². The zero-order valence-corrected chi connectivity index (χ0v) is 22.6. The number of amides is 1. The molecule has 4 aromatic heterocycles. The van der Waals surface area contributed by atoms with Gasteiger partial charge in [0.05, 0.1) is 29.6 Å². The maximum absolute atomic E-state index is 14.6. The van der Waals surface area contributed by atoms with E-state index in [0.717, 1.165) is 44.7 Å². The first-order chi connectivity index (χ1) is 19.9. The van der Waals surface area contributed by atoms with Crippen LogP contribution in [0.5, 0.6) is 0 Å². The summed E-state index contributed by atoms with van der Waals surface area (Å²) in [5.41, 5.74) is 7.62. The van der Waals surface area contributed by atoms with Crippen LogP contribution < -0.4 is 10.2 Å². The number of benzene rings is 2. The fourth-order valence-electron chi connectivity index (χ4n) is 5.44. The van der Waals surface area contributed by atoms with Crippen LogP contribution in [0.15, 0.2) is 73.3 Å². The van der Waals surface area contributed by atoms with Crippen molar-refractivity contribution in [2.24, 2.45) is 7.05 Å². The second kappa shape index (κ2) is 9.37. The van der Waals surface area contributed by atoms with E-state index in [2.05, 4.69) is 25.4 Å². The number of aromatic amines is 1. The van der Waals surface area contributed by atoms with Crippen LogP contribution in [0.25, 0.3) is 33.3 Å². The predicted molar refractivity (Wildman–Crippen MR) is 155 cm³/mol. The zero-order valence-electron chi connectivity index (χ0n) is 22.6. The highest BCUT2D eigenvalue weighted by atomic mass is 19.1. The number of nitrogens with one attached hydrogen (secondary N) is 2. The van der Waals surface area contributed by atoms with E-state index in [1.165, 1.54) is 6.20 Å². The van der Waals surface area contributed by atoms with E-state index in [1.807, 2.05) is 57.4 Å². The first-order valence-corrected chi connectivity index (χ1v) is 13.1. The molecule has 1 amide bonds. The lowest BCUT2D eigenvalue weighted by molar-refractivity contribution is 0.0997. The summed E-state index contributed by atoms with van der Waals surface area (Å²) in [5, 5.41) is 8.55. The summed E-state index contributed by atoms with van der Waals surface area (Å²) in [6, 6.07) is 14.9. The smallest absolute Gasteiger partial charge is 0.259 e. The summed E-state index contributed by atoms with van der Waals surface area (Å²) in [7, 11) is 1.88. The highest BCUT2D eigenvalue weighted by molar-refractivity contribution is 6.15. The molecule has 9 nitrogen and oxygen atoms in total. The predicted octanol–water partition coefficient (Wildman–Crippen LogP) is 6.08. The van der Waals surface area contributed by atoms with Gasteiger partial charge in [-0.1, -0.05) is 24.3 Å². The van der Waals surface area contributed by atoms with E-state index in [-0.39, 0.29) is 5.91 Å². The second-order valence-corrected chi connectivity index (χ2v) is 10.1. The lowest BCUT2D eigenvalue weighted by Gasteiger charge is -2.17. The Hall–Kier alpha value is -5.38. The monoisotopic (exact) mass is 544 g/mol. The number of halogens is 1. The Morgan fingerprint density at radius 1 is 1.00 bits per heavy atom. The van der Waals surface area contributed by atoms with Crippen molar-refractivity contribution < 1.29 is 9.18 Å². The summed E-state index contributed by atoms with van der Waals surface area (Å²) in [6.45, 7) is 4.27. The first kappa shape index (κ1) is 24.6. The number of hydrogen-bond donors (Lipinski definition) is 2. The van der Waals surface area contributed by atoms with Crippen LogP contribution in [-0.4, -0.2) is 35.6 Å². The fourth-order valence-corrected chi connectivity index (χ4v) is 5.44. The molecule has 2 N–H and O–H groups in total. The molecule has 6 aromatic rings. The van der Waals surface area contributed by atoms with Gasteiger partial charge in [0.15, 0.2) is 5.82 Å². The third-order valence-electron chi connectivity index (χ3n) is 7.60. The lowest BCUT2D eigenvalue weighted by atomic mass is 9.97. The van der Waals surface area contributed by atoms with E-state index in [1.54, 1.807) is 40.2 Å². The number of hydrogen-bond acceptors (Lipinski definition) is 6. The zero-order chi connectivity index (χ0) is 28.2. The van der Waals surface area contributed by atoms with Crippen molar-refractivity contribution in [3.05, 3.63) is 102 Å². The number of anilines is 3. The molecule has 0 saturated heterocycles. The number of nitrogens with zero attached hydrogens (tertiary/aromatic N) is 6. The van der Waals surface area contributed by atoms with Crippen molar-refractivity contribution in [1.82, 2.24) is 29.7 Å². The number of aryl methyl sites for hydroxylation is 3. The van der Waals surface area contributed by atoms with Gasteiger partial charge < -0.3 is 15.2 Å². The van der Waals surface area contributed by atoms with E-state index in [4.69, 9.17) is 4.98 Å². The van der Waals surface area contributed by atoms with Gasteiger partial charge in [0.25, 0.3) is 5.91 Å². The largest absolute Gasteiger partial charge is 0.359 e. The summed E-state index contributed by atoms with van der Waals surface area (Å²) in [6.07, 6.45) is 6.44. The van der Waals surface area contributed by atoms with Crippen molar-refractivity contribution in [2.75, 3.05) is 10.2 Å². The third-order valence-corrected chi connectivity index (χ3v) is 7.60. The quantitative estimate of drug-likeness (QED) is 0.273.